The molecule has 0 unspecified atom stereocenters. The normalized spacial score (nSPS) is 16.1. The third-order valence-corrected chi connectivity index (χ3v) is 4.36. The van der Waals surface area contributed by atoms with Crippen LogP contribution in [-0.2, 0) is 4.79 Å². The SMILES string of the molecule is Cc1cc2ncc(C(=O)NC3(C(=O)O)CCC3)nc2cc1C. The van der Waals surface area contributed by atoms with Gasteiger partial charge in [0.25, 0.3) is 5.91 Å². The van der Waals surface area contributed by atoms with Gasteiger partial charge >= 0.3 is 5.97 Å². The van der Waals surface area contributed by atoms with E-state index >= 15 is 0 Å². The zero-order valence-corrected chi connectivity index (χ0v) is 12.5. The average Bonchev–Trinajstić information content (AvgIpc) is 2.43. The molecule has 1 heterocycles. The molecule has 0 aliphatic heterocycles. The first-order chi connectivity index (χ1) is 10.4. The molecule has 0 saturated heterocycles. The number of benzene rings is 1. The number of rotatable bonds is 3. The molecule has 1 aliphatic rings. The Morgan fingerprint density at radius 1 is 1.18 bits per heavy atom. The zero-order chi connectivity index (χ0) is 15.9. The number of hydrogen-bond acceptors (Lipinski definition) is 4. The lowest BCUT2D eigenvalue weighted by Crippen LogP contribution is -2.59. The van der Waals surface area contributed by atoms with E-state index in [1.54, 1.807) is 0 Å². The second-order valence-corrected chi connectivity index (χ2v) is 5.88. The molecule has 0 atom stereocenters. The Morgan fingerprint density at radius 2 is 1.82 bits per heavy atom. The van der Waals surface area contributed by atoms with Gasteiger partial charge in [0.1, 0.15) is 11.2 Å². The van der Waals surface area contributed by atoms with E-state index in [-0.39, 0.29) is 5.69 Å². The fourth-order valence-corrected chi connectivity index (χ4v) is 2.58. The van der Waals surface area contributed by atoms with Gasteiger partial charge in [-0.25, -0.2) is 9.78 Å². The Morgan fingerprint density at radius 3 is 2.36 bits per heavy atom. The van der Waals surface area contributed by atoms with Crippen molar-refractivity contribution in [3.05, 3.63) is 35.2 Å². The van der Waals surface area contributed by atoms with Crippen LogP contribution < -0.4 is 5.32 Å². The Labute approximate surface area is 127 Å². The fraction of sp³-hybridized carbons (Fsp3) is 0.375. The first-order valence-corrected chi connectivity index (χ1v) is 7.21. The maximum absolute atomic E-state index is 12.3. The minimum atomic E-state index is -1.14. The summed E-state index contributed by atoms with van der Waals surface area (Å²) in [4.78, 5) is 32.2. The molecule has 1 amide bonds. The highest BCUT2D eigenvalue weighted by Gasteiger charge is 2.46. The molecule has 0 radical (unpaired) electrons. The predicted octanol–water partition coefficient (Wildman–Crippen LogP) is 1.98. The number of hydrogen-bond donors (Lipinski definition) is 2. The molecule has 22 heavy (non-hydrogen) atoms. The third-order valence-electron chi connectivity index (χ3n) is 4.36. The van der Waals surface area contributed by atoms with Crippen LogP contribution in [0.3, 0.4) is 0 Å². The zero-order valence-electron chi connectivity index (χ0n) is 12.5. The van der Waals surface area contributed by atoms with Gasteiger partial charge in [0.05, 0.1) is 17.2 Å². The molecule has 1 aromatic carbocycles. The number of amides is 1. The monoisotopic (exact) mass is 299 g/mol. The van der Waals surface area contributed by atoms with Crippen LogP contribution >= 0.6 is 0 Å². The van der Waals surface area contributed by atoms with E-state index in [4.69, 9.17) is 0 Å². The molecule has 1 aromatic heterocycles. The maximum atomic E-state index is 12.3. The number of carboxylic acid groups (broad SMARTS) is 1. The topological polar surface area (TPSA) is 92.2 Å². The van der Waals surface area contributed by atoms with E-state index in [1.807, 2.05) is 26.0 Å². The summed E-state index contributed by atoms with van der Waals surface area (Å²) < 4.78 is 0. The molecule has 0 bridgehead atoms. The first-order valence-electron chi connectivity index (χ1n) is 7.21. The van der Waals surface area contributed by atoms with Gasteiger partial charge in [-0.3, -0.25) is 9.78 Å². The highest BCUT2D eigenvalue weighted by Crippen LogP contribution is 2.32. The average molecular weight is 299 g/mol. The number of aliphatic carboxylic acids is 1. The molecule has 2 aromatic rings. The highest BCUT2D eigenvalue weighted by molar-refractivity contribution is 5.97. The largest absolute Gasteiger partial charge is 0.480 e. The number of nitrogens with one attached hydrogen (secondary N) is 1. The van der Waals surface area contributed by atoms with E-state index in [0.717, 1.165) is 23.1 Å². The Kier molecular flexibility index (Phi) is 3.31. The smallest absolute Gasteiger partial charge is 0.329 e. The summed E-state index contributed by atoms with van der Waals surface area (Å²) in [5.74, 6) is -1.48. The first kappa shape index (κ1) is 14.4. The lowest BCUT2D eigenvalue weighted by Gasteiger charge is -2.38. The van der Waals surface area contributed by atoms with Crippen molar-refractivity contribution in [1.82, 2.24) is 15.3 Å². The molecule has 6 heteroatoms. The van der Waals surface area contributed by atoms with Gasteiger partial charge in [-0.05, 0) is 56.4 Å². The summed E-state index contributed by atoms with van der Waals surface area (Å²) in [6.45, 7) is 3.96. The quantitative estimate of drug-likeness (QED) is 0.904. The molecule has 0 spiro atoms. The summed E-state index contributed by atoms with van der Waals surface area (Å²) in [6, 6.07) is 3.80. The van der Waals surface area contributed by atoms with E-state index in [9.17, 15) is 14.7 Å². The molecule has 1 aliphatic carbocycles. The summed E-state index contributed by atoms with van der Waals surface area (Å²) in [7, 11) is 0. The minimum Gasteiger partial charge on any atom is -0.480 e. The molecule has 2 N–H and O–H groups in total. The van der Waals surface area contributed by atoms with Crippen LogP contribution in [0.15, 0.2) is 18.3 Å². The summed E-state index contributed by atoms with van der Waals surface area (Å²) in [6.07, 6.45) is 3.09. The number of aromatic nitrogens is 2. The van der Waals surface area contributed by atoms with E-state index < -0.39 is 17.4 Å². The van der Waals surface area contributed by atoms with Crippen molar-refractivity contribution >= 4 is 22.9 Å². The van der Waals surface area contributed by atoms with Crippen molar-refractivity contribution in [2.45, 2.75) is 38.6 Å². The number of carbonyl (C=O) groups is 2. The second-order valence-electron chi connectivity index (χ2n) is 5.88. The van der Waals surface area contributed by atoms with Gasteiger partial charge in [0.2, 0.25) is 0 Å². The van der Waals surface area contributed by atoms with Gasteiger partial charge in [-0.1, -0.05) is 0 Å². The Bertz CT molecular complexity index is 782. The number of fused-ring (bicyclic) bond motifs is 1. The van der Waals surface area contributed by atoms with Gasteiger partial charge in [0.15, 0.2) is 0 Å². The van der Waals surface area contributed by atoms with Crippen molar-refractivity contribution in [3.63, 3.8) is 0 Å². The molecule has 1 fully saturated rings. The van der Waals surface area contributed by atoms with Crippen LogP contribution in [0, 0.1) is 13.8 Å². The molecule has 114 valence electrons. The van der Waals surface area contributed by atoms with Crippen LogP contribution in [0.25, 0.3) is 11.0 Å². The van der Waals surface area contributed by atoms with Crippen LogP contribution in [0.5, 0.6) is 0 Å². The van der Waals surface area contributed by atoms with Crippen molar-refractivity contribution in [1.29, 1.82) is 0 Å². The van der Waals surface area contributed by atoms with E-state index in [2.05, 4.69) is 15.3 Å². The molecule has 3 rings (SSSR count). The van der Waals surface area contributed by atoms with Crippen LogP contribution in [-0.4, -0.2) is 32.5 Å². The summed E-state index contributed by atoms with van der Waals surface area (Å²) in [5, 5.41) is 11.9. The number of aryl methyl sites for hydroxylation is 2. The number of carbonyl (C=O) groups excluding carboxylic acids is 1. The van der Waals surface area contributed by atoms with Gasteiger partial charge in [-0.2, -0.15) is 0 Å². The minimum absolute atomic E-state index is 0.142. The van der Waals surface area contributed by atoms with Gasteiger partial charge < -0.3 is 10.4 Å². The predicted molar refractivity (Wildman–Crippen MR) is 80.7 cm³/mol. The standard InChI is InChI=1S/C16H17N3O3/c1-9-6-11-12(7-10(9)2)18-13(8-17-11)14(20)19-16(15(21)22)4-3-5-16/h6-8H,3-5H2,1-2H3,(H,19,20)(H,21,22). The van der Waals surface area contributed by atoms with Crippen molar-refractivity contribution in [2.75, 3.05) is 0 Å². The number of nitrogens with zero attached hydrogens (tertiary/aromatic N) is 2. The third kappa shape index (κ3) is 2.30. The van der Waals surface area contributed by atoms with Crippen molar-refractivity contribution < 1.29 is 14.7 Å². The number of carboxylic acids is 1. The lowest BCUT2D eigenvalue weighted by molar-refractivity contribution is -0.148. The lowest BCUT2D eigenvalue weighted by atomic mass is 9.76. The molecule has 6 nitrogen and oxygen atoms in total. The Balaban J connectivity index is 1.91. The van der Waals surface area contributed by atoms with Crippen LogP contribution in [0.2, 0.25) is 0 Å². The van der Waals surface area contributed by atoms with Crippen LogP contribution in [0.1, 0.15) is 40.9 Å². The maximum Gasteiger partial charge on any atom is 0.329 e. The van der Waals surface area contributed by atoms with Crippen molar-refractivity contribution in [3.8, 4) is 0 Å². The summed E-state index contributed by atoms with van der Waals surface area (Å²) in [5.41, 5.74) is 2.53. The van der Waals surface area contributed by atoms with Gasteiger partial charge in [0, 0.05) is 0 Å². The molecular formula is C16H17N3O3. The fourth-order valence-electron chi connectivity index (χ4n) is 2.58. The second kappa shape index (κ2) is 5.05. The highest BCUT2D eigenvalue weighted by atomic mass is 16.4. The van der Waals surface area contributed by atoms with E-state index in [0.29, 0.717) is 18.4 Å². The van der Waals surface area contributed by atoms with Crippen molar-refractivity contribution in [2.24, 2.45) is 0 Å². The van der Waals surface area contributed by atoms with Gasteiger partial charge in [-0.15, -0.1) is 0 Å². The van der Waals surface area contributed by atoms with E-state index in [1.165, 1.54) is 6.20 Å². The Hall–Kier alpha value is -2.50. The van der Waals surface area contributed by atoms with Crippen LogP contribution in [0.4, 0.5) is 0 Å². The molecular weight excluding hydrogens is 282 g/mol. The summed E-state index contributed by atoms with van der Waals surface area (Å²) >= 11 is 0. The molecule has 1 saturated carbocycles.